The number of carbonyl (C=O) groups excluding carboxylic acids is 3. The SMILES string of the molecule is CC(C)C[C@H]1NC(=O)C2(C/C=C/C[C@@H]3COCC[C@@H]3NC1=O)CCN(C(=O)CCc1ccc(F)cc1)CC2. The number of piperidine rings is 1. The fraction of sp³-hybridized carbons (Fsp3) is 0.633. The van der Waals surface area contributed by atoms with Crippen molar-refractivity contribution in [3.63, 3.8) is 0 Å². The Labute approximate surface area is 225 Å². The topological polar surface area (TPSA) is 87.7 Å². The highest BCUT2D eigenvalue weighted by atomic mass is 19.1. The number of benzene rings is 1. The predicted octanol–water partition coefficient (Wildman–Crippen LogP) is 3.77. The number of rotatable bonds is 5. The number of hydrogen-bond acceptors (Lipinski definition) is 4. The molecule has 0 aromatic heterocycles. The Bertz CT molecular complexity index is 1000. The lowest BCUT2D eigenvalue weighted by molar-refractivity contribution is -0.142. The second-order valence-corrected chi connectivity index (χ2v) is 11.6. The van der Waals surface area contributed by atoms with Crippen LogP contribution in [-0.4, -0.2) is 61.0 Å². The summed E-state index contributed by atoms with van der Waals surface area (Å²) in [5.41, 5.74) is 0.277. The maximum Gasteiger partial charge on any atom is 0.242 e. The van der Waals surface area contributed by atoms with Crippen molar-refractivity contribution in [3.05, 3.63) is 47.8 Å². The molecule has 0 aliphatic carbocycles. The van der Waals surface area contributed by atoms with Gasteiger partial charge in [0, 0.05) is 38.1 Å². The van der Waals surface area contributed by atoms with Gasteiger partial charge in [-0.3, -0.25) is 14.4 Å². The Balaban J connectivity index is 1.44. The van der Waals surface area contributed by atoms with Crippen molar-refractivity contribution in [3.8, 4) is 0 Å². The van der Waals surface area contributed by atoms with Gasteiger partial charge in [0.2, 0.25) is 17.7 Å². The number of nitrogens with zero attached hydrogens (tertiary/aromatic N) is 1. The Morgan fingerprint density at radius 2 is 1.87 bits per heavy atom. The number of nitrogens with one attached hydrogen (secondary N) is 2. The predicted molar refractivity (Wildman–Crippen MR) is 144 cm³/mol. The fourth-order valence-corrected chi connectivity index (χ4v) is 5.87. The first kappa shape index (κ1) is 28.3. The van der Waals surface area contributed by atoms with E-state index in [1.54, 1.807) is 12.1 Å². The number of fused-ring (bicyclic) bond motifs is 1. The number of allylic oxidation sites excluding steroid dienone is 2. The van der Waals surface area contributed by atoms with Crippen molar-refractivity contribution in [2.45, 2.75) is 77.3 Å². The van der Waals surface area contributed by atoms with E-state index in [1.165, 1.54) is 12.1 Å². The molecular formula is C30H42FN3O4. The van der Waals surface area contributed by atoms with Crippen molar-refractivity contribution in [1.29, 1.82) is 0 Å². The first-order valence-electron chi connectivity index (χ1n) is 14.1. The summed E-state index contributed by atoms with van der Waals surface area (Å²) in [5.74, 6) is 0.0261. The van der Waals surface area contributed by atoms with Gasteiger partial charge >= 0.3 is 0 Å². The molecule has 3 heterocycles. The molecule has 0 radical (unpaired) electrons. The lowest BCUT2D eigenvalue weighted by Crippen LogP contribution is -2.57. The maximum absolute atomic E-state index is 13.8. The molecule has 1 aromatic carbocycles. The van der Waals surface area contributed by atoms with E-state index in [1.807, 2.05) is 4.90 Å². The molecule has 4 rings (SSSR count). The molecule has 1 spiro atoms. The molecule has 7 nitrogen and oxygen atoms in total. The number of hydrogen-bond donors (Lipinski definition) is 2. The summed E-state index contributed by atoms with van der Waals surface area (Å²) in [6.07, 6.45) is 8.99. The molecule has 208 valence electrons. The molecule has 0 saturated carbocycles. The molecule has 3 aliphatic heterocycles. The highest BCUT2D eigenvalue weighted by Crippen LogP contribution is 2.37. The molecular weight excluding hydrogens is 485 g/mol. The molecule has 3 atom stereocenters. The maximum atomic E-state index is 13.8. The Morgan fingerprint density at radius 3 is 2.58 bits per heavy atom. The minimum absolute atomic E-state index is 0.0463. The van der Waals surface area contributed by atoms with Gasteiger partial charge in [0.05, 0.1) is 12.0 Å². The van der Waals surface area contributed by atoms with Crippen molar-refractivity contribution in [1.82, 2.24) is 15.5 Å². The van der Waals surface area contributed by atoms with Gasteiger partial charge in [-0.2, -0.15) is 0 Å². The molecule has 0 unspecified atom stereocenters. The zero-order valence-corrected chi connectivity index (χ0v) is 22.7. The van der Waals surface area contributed by atoms with E-state index < -0.39 is 11.5 Å². The van der Waals surface area contributed by atoms with Crippen LogP contribution in [0, 0.1) is 23.1 Å². The molecule has 8 heteroatoms. The summed E-state index contributed by atoms with van der Waals surface area (Å²) in [4.78, 5) is 41.8. The molecule has 38 heavy (non-hydrogen) atoms. The van der Waals surface area contributed by atoms with E-state index in [0.29, 0.717) is 64.8 Å². The van der Waals surface area contributed by atoms with Crippen LogP contribution in [0.4, 0.5) is 4.39 Å². The van der Waals surface area contributed by atoms with Gasteiger partial charge in [0.25, 0.3) is 0 Å². The number of carbonyl (C=O) groups is 3. The van der Waals surface area contributed by atoms with Crippen molar-refractivity contribution < 1.29 is 23.5 Å². The lowest BCUT2D eigenvalue weighted by Gasteiger charge is -2.41. The van der Waals surface area contributed by atoms with Crippen LogP contribution in [0.5, 0.6) is 0 Å². The third-order valence-electron chi connectivity index (χ3n) is 8.34. The molecule has 0 bridgehead atoms. The van der Waals surface area contributed by atoms with Crippen molar-refractivity contribution >= 4 is 17.7 Å². The molecule has 3 aliphatic rings. The summed E-state index contributed by atoms with van der Waals surface area (Å²) in [5, 5.41) is 6.33. The van der Waals surface area contributed by atoms with E-state index in [0.717, 1.165) is 18.4 Å². The van der Waals surface area contributed by atoms with Crippen LogP contribution in [0.25, 0.3) is 0 Å². The number of amides is 3. The third kappa shape index (κ3) is 7.22. The quantitative estimate of drug-likeness (QED) is 0.571. The minimum atomic E-state index is -0.651. The highest BCUT2D eigenvalue weighted by Gasteiger charge is 2.43. The number of ether oxygens (including phenoxy) is 1. The third-order valence-corrected chi connectivity index (χ3v) is 8.34. The van der Waals surface area contributed by atoms with Gasteiger partial charge in [0.1, 0.15) is 11.9 Å². The second kappa shape index (κ2) is 12.9. The van der Waals surface area contributed by atoms with Crippen LogP contribution in [-0.2, 0) is 25.5 Å². The molecule has 2 saturated heterocycles. The number of aryl methyl sites for hydroxylation is 1. The van der Waals surface area contributed by atoms with E-state index in [9.17, 15) is 18.8 Å². The van der Waals surface area contributed by atoms with E-state index in [-0.39, 0.29) is 41.4 Å². The molecule has 1 aromatic rings. The van der Waals surface area contributed by atoms with E-state index in [4.69, 9.17) is 4.74 Å². The first-order chi connectivity index (χ1) is 18.3. The summed E-state index contributed by atoms with van der Waals surface area (Å²) < 4.78 is 18.9. The normalized spacial score (nSPS) is 27.1. The van der Waals surface area contributed by atoms with Crippen LogP contribution in [0.3, 0.4) is 0 Å². The number of halogens is 1. The average molecular weight is 528 g/mol. The van der Waals surface area contributed by atoms with E-state index >= 15 is 0 Å². The molecule has 2 fully saturated rings. The lowest BCUT2D eigenvalue weighted by atomic mass is 9.74. The standard InChI is InChI=1S/C30H42FN3O4/c1-21(2)19-26-28(36)32-25-12-18-38-20-23(25)5-3-4-13-30(29(37)33-26)14-16-34(17-15-30)27(35)11-8-22-6-9-24(31)10-7-22/h3-4,6-7,9-10,21,23,25-26H,5,8,11-20H2,1-2H3,(H,32,36)(H,33,37)/b4-3+/t23-,25+,26-/m1/s1. The second-order valence-electron chi connectivity index (χ2n) is 11.6. The summed E-state index contributed by atoms with van der Waals surface area (Å²) in [6, 6.07) is 5.71. The highest BCUT2D eigenvalue weighted by molar-refractivity contribution is 5.90. The summed E-state index contributed by atoms with van der Waals surface area (Å²) >= 11 is 0. The largest absolute Gasteiger partial charge is 0.381 e. The zero-order valence-electron chi connectivity index (χ0n) is 22.7. The smallest absolute Gasteiger partial charge is 0.242 e. The molecule has 3 amide bonds. The molecule has 2 N–H and O–H groups in total. The summed E-state index contributed by atoms with van der Waals surface area (Å²) in [7, 11) is 0. The Kier molecular flexibility index (Phi) is 9.58. The van der Waals surface area contributed by atoms with Gasteiger partial charge < -0.3 is 20.3 Å². The minimum Gasteiger partial charge on any atom is -0.381 e. The van der Waals surface area contributed by atoms with Crippen LogP contribution in [0.2, 0.25) is 0 Å². The van der Waals surface area contributed by atoms with Crippen molar-refractivity contribution in [2.75, 3.05) is 26.3 Å². The monoisotopic (exact) mass is 527 g/mol. The van der Waals surface area contributed by atoms with Gasteiger partial charge in [-0.25, -0.2) is 4.39 Å². The van der Waals surface area contributed by atoms with Gasteiger partial charge in [-0.15, -0.1) is 0 Å². The van der Waals surface area contributed by atoms with Crippen LogP contribution >= 0.6 is 0 Å². The summed E-state index contributed by atoms with van der Waals surface area (Å²) in [6.45, 7) is 6.38. The van der Waals surface area contributed by atoms with Crippen molar-refractivity contribution in [2.24, 2.45) is 17.3 Å². The number of likely N-dealkylation sites (tertiary alicyclic amines) is 1. The van der Waals surface area contributed by atoms with Gasteiger partial charge in [0.15, 0.2) is 0 Å². The van der Waals surface area contributed by atoms with Crippen LogP contribution in [0.1, 0.15) is 64.4 Å². The Morgan fingerprint density at radius 1 is 1.13 bits per heavy atom. The van der Waals surface area contributed by atoms with Gasteiger partial charge in [-0.1, -0.05) is 38.1 Å². The van der Waals surface area contributed by atoms with Gasteiger partial charge in [-0.05, 0) is 68.6 Å². The van der Waals surface area contributed by atoms with Crippen LogP contribution in [0.15, 0.2) is 36.4 Å². The first-order valence-corrected chi connectivity index (χ1v) is 14.1. The Hall–Kier alpha value is -2.74. The average Bonchev–Trinajstić information content (AvgIpc) is 2.90. The van der Waals surface area contributed by atoms with Crippen LogP contribution < -0.4 is 10.6 Å². The zero-order chi connectivity index (χ0) is 27.1. The fourth-order valence-electron chi connectivity index (χ4n) is 5.87. The van der Waals surface area contributed by atoms with E-state index in [2.05, 4.69) is 36.6 Å².